The smallest absolute Gasteiger partial charge is 0.328 e. The van der Waals surface area contributed by atoms with Gasteiger partial charge in [0.15, 0.2) is 0 Å². The molecule has 1 aliphatic carbocycles. The Balaban J connectivity index is 1.90. The maximum absolute atomic E-state index is 11.9. The van der Waals surface area contributed by atoms with E-state index in [9.17, 15) is 9.59 Å². The monoisotopic (exact) mass is 273 g/mol. The number of carboxylic acid groups (broad SMARTS) is 1. The Morgan fingerprint density at radius 1 is 1.30 bits per heavy atom. The third-order valence-corrected chi connectivity index (χ3v) is 3.56. The number of carbonyl (C=O) groups excluding carboxylic acids is 1. The quantitative estimate of drug-likeness (QED) is 0.810. The lowest BCUT2D eigenvalue weighted by molar-refractivity contribution is -0.131. The van der Waals surface area contributed by atoms with Crippen LogP contribution in [0.2, 0.25) is 0 Å². The molecule has 1 saturated carbocycles. The molecule has 0 atom stereocenters. The molecule has 4 heteroatoms. The zero-order chi connectivity index (χ0) is 14.4. The van der Waals surface area contributed by atoms with E-state index in [2.05, 4.69) is 5.32 Å². The van der Waals surface area contributed by atoms with Crippen LogP contribution in [-0.4, -0.2) is 17.0 Å². The highest BCUT2D eigenvalue weighted by Gasteiger charge is 2.21. The number of amides is 1. The summed E-state index contributed by atoms with van der Waals surface area (Å²) in [6.07, 6.45) is 6.93. The second-order valence-electron chi connectivity index (χ2n) is 5.12. The first kappa shape index (κ1) is 14.3. The van der Waals surface area contributed by atoms with Crippen molar-refractivity contribution in [2.75, 3.05) is 0 Å². The van der Waals surface area contributed by atoms with Crippen LogP contribution in [0.5, 0.6) is 0 Å². The Hall–Kier alpha value is -2.10. The molecule has 0 bridgehead atoms. The van der Waals surface area contributed by atoms with Crippen LogP contribution >= 0.6 is 0 Å². The van der Waals surface area contributed by atoms with Crippen molar-refractivity contribution in [3.63, 3.8) is 0 Å². The van der Waals surface area contributed by atoms with Crippen molar-refractivity contribution in [1.82, 2.24) is 5.32 Å². The first-order valence-corrected chi connectivity index (χ1v) is 6.93. The minimum atomic E-state index is -0.968. The number of hydrogen-bond donors (Lipinski definition) is 2. The van der Waals surface area contributed by atoms with Gasteiger partial charge in [0.1, 0.15) is 0 Å². The molecule has 0 saturated heterocycles. The summed E-state index contributed by atoms with van der Waals surface area (Å²) in [5, 5.41) is 11.6. The summed E-state index contributed by atoms with van der Waals surface area (Å²) in [4.78, 5) is 22.4. The molecule has 0 heterocycles. The third kappa shape index (κ3) is 4.23. The summed E-state index contributed by atoms with van der Waals surface area (Å²) >= 11 is 0. The Bertz CT molecular complexity index is 516. The van der Waals surface area contributed by atoms with E-state index in [1.165, 1.54) is 0 Å². The van der Waals surface area contributed by atoms with Crippen LogP contribution in [0.4, 0.5) is 0 Å². The average Bonchev–Trinajstić information content (AvgIpc) is 2.97. The molecule has 106 valence electrons. The zero-order valence-electron chi connectivity index (χ0n) is 11.3. The van der Waals surface area contributed by atoms with E-state index in [0.29, 0.717) is 6.54 Å². The summed E-state index contributed by atoms with van der Waals surface area (Å²) in [7, 11) is 0. The molecule has 0 radical (unpaired) electrons. The van der Waals surface area contributed by atoms with Crippen LogP contribution in [0.25, 0.3) is 6.08 Å². The highest BCUT2D eigenvalue weighted by molar-refractivity contribution is 5.85. The standard InChI is InChI=1S/C16H19NO3/c18-15(19)9-8-12-4-3-5-13(10-12)11-17-16(20)14-6-1-2-7-14/h3-5,8-10,14H,1-2,6-7,11H2,(H,17,20)(H,18,19). The zero-order valence-corrected chi connectivity index (χ0v) is 11.3. The van der Waals surface area contributed by atoms with Gasteiger partial charge >= 0.3 is 5.97 Å². The van der Waals surface area contributed by atoms with E-state index in [0.717, 1.165) is 42.9 Å². The van der Waals surface area contributed by atoms with Crippen LogP contribution < -0.4 is 5.32 Å². The maximum atomic E-state index is 11.9. The molecule has 20 heavy (non-hydrogen) atoms. The molecule has 0 aliphatic heterocycles. The third-order valence-electron chi connectivity index (χ3n) is 3.56. The molecule has 0 aromatic heterocycles. The number of hydrogen-bond acceptors (Lipinski definition) is 2. The van der Waals surface area contributed by atoms with E-state index >= 15 is 0 Å². The summed E-state index contributed by atoms with van der Waals surface area (Å²) in [6, 6.07) is 7.50. The summed E-state index contributed by atoms with van der Waals surface area (Å²) in [6.45, 7) is 0.490. The predicted octanol–water partition coefficient (Wildman–Crippen LogP) is 2.59. The van der Waals surface area contributed by atoms with Gasteiger partial charge < -0.3 is 10.4 Å². The number of carboxylic acids is 1. The Morgan fingerprint density at radius 3 is 2.75 bits per heavy atom. The van der Waals surface area contributed by atoms with Crippen LogP contribution in [0.15, 0.2) is 30.3 Å². The van der Waals surface area contributed by atoms with Crippen molar-refractivity contribution >= 4 is 18.0 Å². The lowest BCUT2D eigenvalue weighted by atomic mass is 10.1. The van der Waals surface area contributed by atoms with Crippen LogP contribution in [0.3, 0.4) is 0 Å². The van der Waals surface area contributed by atoms with Crippen molar-refractivity contribution < 1.29 is 14.7 Å². The molecule has 2 N–H and O–H groups in total. The van der Waals surface area contributed by atoms with Crippen molar-refractivity contribution in [2.45, 2.75) is 32.2 Å². The maximum Gasteiger partial charge on any atom is 0.328 e. The number of nitrogens with one attached hydrogen (secondary N) is 1. The van der Waals surface area contributed by atoms with Crippen LogP contribution in [0, 0.1) is 5.92 Å². The minimum absolute atomic E-state index is 0.133. The lowest BCUT2D eigenvalue weighted by Crippen LogP contribution is -2.28. The van der Waals surface area contributed by atoms with E-state index < -0.39 is 5.97 Å². The van der Waals surface area contributed by atoms with Gasteiger partial charge in [-0.05, 0) is 36.1 Å². The van der Waals surface area contributed by atoms with Gasteiger partial charge in [0.25, 0.3) is 0 Å². The molecule has 2 rings (SSSR count). The molecular formula is C16H19NO3. The Morgan fingerprint density at radius 2 is 2.05 bits per heavy atom. The molecule has 1 amide bonds. The van der Waals surface area contributed by atoms with Gasteiger partial charge in [-0.2, -0.15) is 0 Å². The minimum Gasteiger partial charge on any atom is -0.478 e. The van der Waals surface area contributed by atoms with Gasteiger partial charge in [0.2, 0.25) is 5.91 Å². The number of carbonyl (C=O) groups is 2. The fourth-order valence-corrected chi connectivity index (χ4v) is 2.50. The van der Waals surface area contributed by atoms with E-state index in [1.807, 2.05) is 24.3 Å². The predicted molar refractivity (Wildman–Crippen MR) is 76.9 cm³/mol. The number of aliphatic carboxylic acids is 1. The molecule has 1 aromatic carbocycles. The number of rotatable bonds is 5. The van der Waals surface area contributed by atoms with Gasteiger partial charge in [-0.15, -0.1) is 0 Å². The first-order chi connectivity index (χ1) is 9.65. The second kappa shape index (κ2) is 6.89. The van der Waals surface area contributed by atoms with Gasteiger partial charge in [-0.25, -0.2) is 4.79 Å². The molecule has 4 nitrogen and oxygen atoms in total. The van der Waals surface area contributed by atoms with Gasteiger partial charge in [-0.1, -0.05) is 31.0 Å². The topological polar surface area (TPSA) is 66.4 Å². The highest BCUT2D eigenvalue weighted by Crippen LogP contribution is 2.24. The lowest BCUT2D eigenvalue weighted by Gasteiger charge is -2.10. The highest BCUT2D eigenvalue weighted by atomic mass is 16.4. The van der Waals surface area contributed by atoms with Crippen molar-refractivity contribution in [1.29, 1.82) is 0 Å². The Labute approximate surface area is 118 Å². The fourth-order valence-electron chi connectivity index (χ4n) is 2.50. The first-order valence-electron chi connectivity index (χ1n) is 6.93. The van der Waals surface area contributed by atoms with Crippen molar-refractivity contribution in [3.05, 3.63) is 41.5 Å². The average molecular weight is 273 g/mol. The molecule has 1 fully saturated rings. The van der Waals surface area contributed by atoms with Crippen molar-refractivity contribution in [2.24, 2.45) is 5.92 Å². The van der Waals surface area contributed by atoms with Gasteiger partial charge in [-0.3, -0.25) is 4.79 Å². The van der Waals surface area contributed by atoms with E-state index in [4.69, 9.17) is 5.11 Å². The van der Waals surface area contributed by atoms with Crippen LogP contribution in [0.1, 0.15) is 36.8 Å². The van der Waals surface area contributed by atoms with Gasteiger partial charge in [0, 0.05) is 18.5 Å². The SMILES string of the molecule is O=C(O)C=Cc1cccc(CNC(=O)C2CCCC2)c1. The van der Waals surface area contributed by atoms with Crippen molar-refractivity contribution in [3.8, 4) is 0 Å². The molecule has 0 spiro atoms. The summed E-state index contributed by atoms with van der Waals surface area (Å²) in [5.74, 6) is -0.663. The summed E-state index contributed by atoms with van der Waals surface area (Å²) < 4.78 is 0. The largest absolute Gasteiger partial charge is 0.478 e. The van der Waals surface area contributed by atoms with Crippen LogP contribution in [-0.2, 0) is 16.1 Å². The van der Waals surface area contributed by atoms with E-state index in [1.54, 1.807) is 6.08 Å². The van der Waals surface area contributed by atoms with Gasteiger partial charge in [0.05, 0.1) is 0 Å². The molecule has 1 aromatic rings. The Kier molecular flexibility index (Phi) is 4.93. The number of benzene rings is 1. The molecular weight excluding hydrogens is 254 g/mol. The summed E-state index contributed by atoms with van der Waals surface area (Å²) in [5.41, 5.74) is 1.80. The molecule has 1 aliphatic rings. The van der Waals surface area contributed by atoms with E-state index in [-0.39, 0.29) is 11.8 Å². The molecule has 0 unspecified atom stereocenters. The second-order valence-corrected chi connectivity index (χ2v) is 5.12. The fraction of sp³-hybridized carbons (Fsp3) is 0.375. The normalized spacial score (nSPS) is 15.6.